The zero-order valence-electron chi connectivity index (χ0n) is 10.3. The van der Waals surface area contributed by atoms with Gasteiger partial charge in [0.05, 0.1) is 19.2 Å². The van der Waals surface area contributed by atoms with E-state index in [1.165, 1.54) is 0 Å². The van der Waals surface area contributed by atoms with Gasteiger partial charge < -0.3 is 15.8 Å². The van der Waals surface area contributed by atoms with E-state index >= 15 is 0 Å². The van der Waals surface area contributed by atoms with E-state index in [9.17, 15) is 4.79 Å². The molecule has 3 N–H and O–H groups in total. The Morgan fingerprint density at radius 2 is 2.47 bits per heavy atom. The second-order valence-electron chi connectivity index (χ2n) is 4.22. The number of nitrogens with one attached hydrogen (secondary N) is 1. The van der Waals surface area contributed by atoms with Gasteiger partial charge in [0.25, 0.3) is 0 Å². The molecule has 0 aliphatic carbocycles. The van der Waals surface area contributed by atoms with Crippen molar-refractivity contribution >= 4 is 5.91 Å². The maximum atomic E-state index is 11.6. The van der Waals surface area contributed by atoms with Gasteiger partial charge in [-0.15, -0.1) is 6.42 Å². The van der Waals surface area contributed by atoms with Crippen LogP contribution >= 0.6 is 0 Å². The minimum Gasteiger partial charge on any atom is -0.381 e. The molecule has 5 heteroatoms. The Morgan fingerprint density at radius 3 is 3.06 bits per heavy atom. The van der Waals surface area contributed by atoms with E-state index in [0.717, 1.165) is 19.4 Å². The van der Waals surface area contributed by atoms with E-state index < -0.39 is 0 Å². The third kappa shape index (κ3) is 4.35. The summed E-state index contributed by atoms with van der Waals surface area (Å²) >= 11 is 0. The van der Waals surface area contributed by atoms with E-state index in [1.54, 1.807) is 7.11 Å². The van der Waals surface area contributed by atoms with Gasteiger partial charge in [-0.25, -0.2) is 0 Å². The summed E-state index contributed by atoms with van der Waals surface area (Å²) in [4.78, 5) is 13.7. The van der Waals surface area contributed by atoms with Crippen molar-refractivity contribution in [1.82, 2.24) is 10.2 Å². The Labute approximate surface area is 103 Å². The molecule has 0 saturated carbocycles. The van der Waals surface area contributed by atoms with Gasteiger partial charge in [-0.1, -0.05) is 5.92 Å². The van der Waals surface area contributed by atoms with E-state index in [2.05, 4.69) is 16.1 Å². The number of piperidine rings is 1. The maximum absolute atomic E-state index is 11.6. The van der Waals surface area contributed by atoms with Crippen molar-refractivity contribution in [2.75, 3.05) is 33.3 Å². The highest BCUT2D eigenvalue weighted by Crippen LogP contribution is 2.18. The third-order valence-corrected chi connectivity index (χ3v) is 3.13. The smallest absolute Gasteiger partial charge is 0.234 e. The predicted molar refractivity (Wildman–Crippen MR) is 66.3 cm³/mol. The standard InChI is InChI=1S/C12H21N3O2/c1-3-5-14-12(16)9-15-6-4-11(17-2)7-10(15)8-13/h1,10-11H,4-9,13H2,2H3,(H,14,16). The van der Waals surface area contributed by atoms with Crippen LogP contribution in [0.3, 0.4) is 0 Å². The molecule has 1 amide bonds. The summed E-state index contributed by atoms with van der Waals surface area (Å²) < 4.78 is 5.33. The SMILES string of the molecule is C#CCNC(=O)CN1CCC(OC)CC1CN. The van der Waals surface area contributed by atoms with Crippen LogP contribution in [0.4, 0.5) is 0 Å². The lowest BCUT2D eigenvalue weighted by Gasteiger charge is -2.37. The first kappa shape index (κ1) is 14.0. The van der Waals surface area contributed by atoms with E-state index in [-0.39, 0.29) is 24.6 Å². The highest BCUT2D eigenvalue weighted by molar-refractivity contribution is 5.78. The largest absolute Gasteiger partial charge is 0.381 e. The molecule has 1 aliphatic heterocycles. The highest BCUT2D eigenvalue weighted by atomic mass is 16.5. The van der Waals surface area contributed by atoms with E-state index in [0.29, 0.717) is 13.1 Å². The molecule has 96 valence electrons. The van der Waals surface area contributed by atoms with Crippen molar-refractivity contribution in [3.05, 3.63) is 0 Å². The minimum absolute atomic E-state index is 0.0442. The number of carbonyl (C=O) groups is 1. The highest BCUT2D eigenvalue weighted by Gasteiger charge is 2.28. The molecule has 0 aromatic heterocycles. The van der Waals surface area contributed by atoms with Gasteiger partial charge in [-0.2, -0.15) is 0 Å². The summed E-state index contributed by atoms with van der Waals surface area (Å²) in [5.74, 6) is 2.34. The zero-order chi connectivity index (χ0) is 12.7. The number of hydrogen-bond acceptors (Lipinski definition) is 4. The lowest BCUT2D eigenvalue weighted by molar-refractivity contribution is -0.123. The number of nitrogens with two attached hydrogens (primary N) is 1. The summed E-state index contributed by atoms with van der Waals surface area (Å²) in [7, 11) is 1.72. The number of methoxy groups -OCH3 is 1. The second kappa shape index (κ2) is 7.28. The van der Waals surface area contributed by atoms with Crippen molar-refractivity contribution in [2.45, 2.75) is 25.0 Å². The molecule has 0 aromatic rings. The monoisotopic (exact) mass is 239 g/mol. The van der Waals surface area contributed by atoms with Crippen molar-refractivity contribution in [1.29, 1.82) is 0 Å². The van der Waals surface area contributed by atoms with Crippen LogP contribution in [0.1, 0.15) is 12.8 Å². The molecular weight excluding hydrogens is 218 g/mol. The van der Waals surface area contributed by atoms with Gasteiger partial charge in [-0.3, -0.25) is 9.69 Å². The van der Waals surface area contributed by atoms with Gasteiger partial charge >= 0.3 is 0 Å². The Balaban J connectivity index is 2.42. The first-order valence-electron chi connectivity index (χ1n) is 5.88. The molecule has 0 aromatic carbocycles. The summed E-state index contributed by atoms with van der Waals surface area (Å²) in [5, 5.41) is 2.66. The zero-order valence-corrected chi connectivity index (χ0v) is 10.3. The lowest BCUT2D eigenvalue weighted by Crippen LogP contribution is -2.51. The Kier molecular flexibility index (Phi) is 5.98. The molecule has 0 radical (unpaired) electrons. The fraction of sp³-hybridized carbons (Fsp3) is 0.750. The number of carbonyl (C=O) groups excluding carboxylic acids is 1. The van der Waals surface area contributed by atoms with Gasteiger partial charge in [0.15, 0.2) is 0 Å². The van der Waals surface area contributed by atoms with Gasteiger partial charge in [0, 0.05) is 26.2 Å². The molecule has 2 atom stereocenters. The summed E-state index contributed by atoms with van der Waals surface area (Å²) in [6.45, 7) is 2.02. The number of nitrogens with zero attached hydrogens (tertiary/aromatic N) is 1. The second-order valence-corrected chi connectivity index (χ2v) is 4.22. The molecule has 1 rings (SSSR count). The quantitative estimate of drug-likeness (QED) is 0.615. The van der Waals surface area contributed by atoms with Gasteiger partial charge in [0.2, 0.25) is 5.91 Å². The summed E-state index contributed by atoms with van der Waals surface area (Å²) in [6, 6.07) is 0.213. The molecule has 1 fully saturated rings. The normalized spacial score (nSPS) is 25.2. The third-order valence-electron chi connectivity index (χ3n) is 3.13. The van der Waals surface area contributed by atoms with Crippen LogP contribution in [0, 0.1) is 12.3 Å². The van der Waals surface area contributed by atoms with Crippen LogP contribution in [0.15, 0.2) is 0 Å². The number of ether oxygens (including phenoxy) is 1. The molecule has 0 spiro atoms. The number of hydrogen-bond donors (Lipinski definition) is 2. The number of likely N-dealkylation sites (tertiary alicyclic amines) is 1. The van der Waals surface area contributed by atoms with Crippen LogP contribution in [0.5, 0.6) is 0 Å². The molecule has 1 heterocycles. The van der Waals surface area contributed by atoms with Crippen molar-refractivity contribution < 1.29 is 9.53 Å². The molecule has 1 aliphatic rings. The first-order chi connectivity index (χ1) is 8.21. The van der Waals surface area contributed by atoms with E-state index in [4.69, 9.17) is 16.9 Å². The summed E-state index contributed by atoms with van der Waals surface area (Å²) in [5.41, 5.74) is 5.73. The first-order valence-corrected chi connectivity index (χ1v) is 5.88. The number of terminal acetylenes is 1. The van der Waals surface area contributed by atoms with E-state index in [1.807, 2.05) is 0 Å². The molecular formula is C12H21N3O2. The van der Waals surface area contributed by atoms with Gasteiger partial charge in [0.1, 0.15) is 0 Å². The Bertz CT molecular complexity index is 288. The Hall–Kier alpha value is -1.09. The number of amides is 1. The van der Waals surface area contributed by atoms with Crippen molar-refractivity contribution in [2.24, 2.45) is 5.73 Å². The van der Waals surface area contributed by atoms with Crippen LogP contribution in [0.25, 0.3) is 0 Å². The molecule has 1 saturated heterocycles. The van der Waals surface area contributed by atoms with Gasteiger partial charge in [-0.05, 0) is 12.8 Å². The van der Waals surface area contributed by atoms with Crippen LogP contribution in [0.2, 0.25) is 0 Å². The average Bonchev–Trinajstić information content (AvgIpc) is 2.36. The Morgan fingerprint density at radius 1 is 1.71 bits per heavy atom. The van der Waals surface area contributed by atoms with Crippen LogP contribution < -0.4 is 11.1 Å². The predicted octanol–water partition coefficient (Wildman–Crippen LogP) is -0.826. The lowest BCUT2D eigenvalue weighted by atomic mass is 9.99. The minimum atomic E-state index is -0.0442. The molecule has 5 nitrogen and oxygen atoms in total. The number of rotatable bonds is 5. The average molecular weight is 239 g/mol. The fourth-order valence-electron chi connectivity index (χ4n) is 2.12. The topological polar surface area (TPSA) is 67.6 Å². The fourth-order valence-corrected chi connectivity index (χ4v) is 2.12. The van der Waals surface area contributed by atoms with Crippen LogP contribution in [-0.2, 0) is 9.53 Å². The van der Waals surface area contributed by atoms with Crippen molar-refractivity contribution in [3.63, 3.8) is 0 Å². The molecule has 2 unspecified atom stereocenters. The molecule has 0 bridgehead atoms. The van der Waals surface area contributed by atoms with Crippen molar-refractivity contribution in [3.8, 4) is 12.3 Å². The summed E-state index contributed by atoms with van der Waals surface area (Å²) in [6.07, 6.45) is 7.17. The molecule has 17 heavy (non-hydrogen) atoms. The maximum Gasteiger partial charge on any atom is 0.234 e. The van der Waals surface area contributed by atoms with Crippen LogP contribution in [-0.4, -0.2) is 56.2 Å².